The maximum absolute atomic E-state index is 5.43. The third kappa shape index (κ3) is 4.43. The molecule has 0 bridgehead atoms. The van der Waals surface area contributed by atoms with E-state index in [4.69, 9.17) is 4.74 Å². The molecule has 24 heavy (non-hydrogen) atoms. The van der Waals surface area contributed by atoms with Crippen LogP contribution in [0.3, 0.4) is 0 Å². The lowest BCUT2D eigenvalue weighted by Crippen LogP contribution is -2.35. The molecular formula is C18H25N5O. The van der Waals surface area contributed by atoms with Crippen molar-refractivity contribution < 1.29 is 4.74 Å². The average molecular weight is 327 g/mol. The van der Waals surface area contributed by atoms with Crippen molar-refractivity contribution in [2.45, 2.75) is 13.1 Å². The van der Waals surface area contributed by atoms with Gasteiger partial charge in [0, 0.05) is 46.5 Å². The Kier molecular flexibility index (Phi) is 5.61. The summed E-state index contributed by atoms with van der Waals surface area (Å²) in [6, 6.07) is 10.5. The van der Waals surface area contributed by atoms with Crippen molar-refractivity contribution in [3.05, 3.63) is 47.7 Å². The van der Waals surface area contributed by atoms with Crippen LogP contribution < -0.4 is 10.2 Å². The molecule has 1 saturated heterocycles. The molecule has 0 radical (unpaired) electrons. The molecule has 0 spiro atoms. The highest BCUT2D eigenvalue weighted by molar-refractivity contribution is 5.41. The van der Waals surface area contributed by atoms with Crippen LogP contribution in [0.1, 0.15) is 11.1 Å². The van der Waals surface area contributed by atoms with E-state index in [1.165, 1.54) is 11.1 Å². The van der Waals surface area contributed by atoms with E-state index < -0.39 is 0 Å². The van der Waals surface area contributed by atoms with E-state index in [-0.39, 0.29) is 0 Å². The lowest BCUT2D eigenvalue weighted by molar-refractivity contribution is 0.0341. The Balaban J connectivity index is 1.65. The van der Waals surface area contributed by atoms with Crippen LogP contribution >= 0.6 is 0 Å². The van der Waals surface area contributed by atoms with E-state index in [2.05, 4.69) is 44.5 Å². The van der Waals surface area contributed by atoms with Crippen molar-refractivity contribution in [1.82, 2.24) is 14.9 Å². The Morgan fingerprint density at radius 1 is 1.12 bits per heavy atom. The summed E-state index contributed by atoms with van der Waals surface area (Å²) in [7, 11) is 3.88. The molecule has 3 rings (SSSR count). The number of nitrogens with one attached hydrogen (secondary N) is 1. The minimum absolute atomic E-state index is 0.710. The number of rotatable bonds is 6. The molecule has 0 atom stereocenters. The molecule has 1 aromatic heterocycles. The van der Waals surface area contributed by atoms with Crippen LogP contribution in [-0.2, 0) is 17.8 Å². The summed E-state index contributed by atoms with van der Waals surface area (Å²) in [5, 5.41) is 3.41. The van der Waals surface area contributed by atoms with Gasteiger partial charge in [-0.05, 0) is 17.2 Å². The molecule has 1 fully saturated rings. The van der Waals surface area contributed by atoms with Gasteiger partial charge < -0.3 is 15.0 Å². The molecule has 1 aliphatic heterocycles. The first-order valence-corrected chi connectivity index (χ1v) is 8.33. The van der Waals surface area contributed by atoms with Crippen LogP contribution in [0.4, 0.5) is 11.8 Å². The minimum atomic E-state index is 0.710. The monoisotopic (exact) mass is 327 g/mol. The van der Waals surface area contributed by atoms with E-state index in [0.717, 1.165) is 45.2 Å². The van der Waals surface area contributed by atoms with Gasteiger partial charge in [0.05, 0.1) is 13.2 Å². The summed E-state index contributed by atoms with van der Waals surface area (Å²) in [4.78, 5) is 13.1. The van der Waals surface area contributed by atoms with E-state index in [0.29, 0.717) is 5.95 Å². The first kappa shape index (κ1) is 16.7. The summed E-state index contributed by atoms with van der Waals surface area (Å²) < 4.78 is 5.43. The Labute approximate surface area is 143 Å². The maximum Gasteiger partial charge on any atom is 0.226 e. The van der Waals surface area contributed by atoms with Crippen LogP contribution in [0.2, 0.25) is 0 Å². The van der Waals surface area contributed by atoms with Crippen molar-refractivity contribution in [2.75, 3.05) is 50.6 Å². The zero-order valence-corrected chi connectivity index (χ0v) is 14.4. The minimum Gasteiger partial charge on any atom is -0.379 e. The molecule has 0 saturated carbocycles. The van der Waals surface area contributed by atoms with Crippen LogP contribution in [0.15, 0.2) is 36.5 Å². The molecular weight excluding hydrogens is 302 g/mol. The van der Waals surface area contributed by atoms with Crippen molar-refractivity contribution in [3.8, 4) is 0 Å². The molecule has 1 N–H and O–H groups in total. The second kappa shape index (κ2) is 8.08. The highest BCUT2D eigenvalue weighted by Gasteiger charge is 2.12. The summed E-state index contributed by atoms with van der Waals surface area (Å²) in [6.07, 6.45) is 1.78. The number of anilines is 2. The molecule has 128 valence electrons. The fourth-order valence-electron chi connectivity index (χ4n) is 2.73. The molecule has 0 aliphatic carbocycles. The Hall–Kier alpha value is -2.18. The average Bonchev–Trinajstić information content (AvgIpc) is 2.62. The van der Waals surface area contributed by atoms with Gasteiger partial charge in [0.1, 0.15) is 5.82 Å². The number of hydrogen-bond donors (Lipinski definition) is 1. The lowest BCUT2D eigenvalue weighted by atomic mass is 10.1. The zero-order valence-electron chi connectivity index (χ0n) is 14.4. The fourth-order valence-corrected chi connectivity index (χ4v) is 2.73. The predicted octanol–water partition coefficient (Wildman–Crippen LogP) is 1.99. The smallest absolute Gasteiger partial charge is 0.226 e. The topological polar surface area (TPSA) is 53.5 Å². The van der Waals surface area contributed by atoms with E-state index in [1.54, 1.807) is 6.20 Å². The van der Waals surface area contributed by atoms with Crippen LogP contribution in [0.5, 0.6) is 0 Å². The summed E-state index contributed by atoms with van der Waals surface area (Å²) >= 11 is 0. The van der Waals surface area contributed by atoms with Gasteiger partial charge in [-0.3, -0.25) is 4.90 Å². The summed E-state index contributed by atoms with van der Waals surface area (Å²) in [6.45, 7) is 5.38. The van der Waals surface area contributed by atoms with Crippen molar-refractivity contribution >= 4 is 11.8 Å². The van der Waals surface area contributed by atoms with E-state index in [9.17, 15) is 0 Å². The Morgan fingerprint density at radius 2 is 1.88 bits per heavy atom. The fraction of sp³-hybridized carbons (Fsp3) is 0.444. The lowest BCUT2D eigenvalue weighted by Gasteiger charge is -2.27. The third-order valence-corrected chi connectivity index (χ3v) is 4.12. The molecule has 2 aromatic rings. The largest absolute Gasteiger partial charge is 0.379 e. The third-order valence-electron chi connectivity index (χ3n) is 4.12. The van der Waals surface area contributed by atoms with Gasteiger partial charge in [0.25, 0.3) is 0 Å². The van der Waals surface area contributed by atoms with Gasteiger partial charge in [-0.15, -0.1) is 0 Å². The molecule has 0 unspecified atom stereocenters. The number of aromatic nitrogens is 2. The quantitative estimate of drug-likeness (QED) is 0.876. The summed E-state index contributed by atoms with van der Waals surface area (Å²) in [5.74, 6) is 1.55. The van der Waals surface area contributed by atoms with E-state index in [1.807, 2.05) is 25.1 Å². The second-order valence-corrected chi connectivity index (χ2v) is 6.15. The highest BCUT2D eigenvalue weighted by atomic mass is 16.5. The number of hydrogen-bond acceptors (Lipinski definition) is 6. The predicted molar refractivity (Wildman–Crippen MR) is 96.2 cm³/mol. The first-order chi connectivity index (χ1) is 11.7. The molecule has 6 nitrogen and oxygen atoms in total. The highest BCUT2D eigenvalue weighted by Crippen LogP contribution is 2.15. The first-order valence-electron chi connectivity index (χ1n) is 8.33. The number of ether oxygens (including phenoxy) is 1. The molecule has 1 aromatic carbocycles. The van der Waals surface area contributed by atoms with Gasteiger partial charge in [0.2, 0.25) is 5.95 Å². The number of nitrogens with zero attached hydrogens (tertiary/aromatic N) is 4. The Morgan fingerprint density at radius 3 is 2.62 bits per heavy atom. The van der Waals surface area contributed by atoms with Crippen LogP contribution in [-0.4, -0.2) is 55.3 Å². The van der Waals surface area contributed by atoms with Gasteiger partial charge in [-0.2, -0.15) is 4.98 Å². The number of morpholine rings is 1. The molecule has 6 heteroatoms. The Bertz CT molecular complexity index is 655. The summed E-state index contributed by atoms with van der Waals surface area (Å²) in [5.41, 5.74) is 2.66. The maximum atomic E-state index is 5.43. The normalized spacial score (nSPS) is 15.2. The van der Waals surface area contributed by atoms with Crippen molar-refractivity contribution in [1.29, 1.82) is 0 Å². The van der Waals surface area contributed by atoms with E-state index >= 15 is 0 Å². The number of benzene rings is 1. The van der Waals surface area contributed by atoms with Gasteiger partial charge in [-0.25, -0.2) is 4.98 Å². The van der Waals surface area contributed by atoms with Crippen LogP contribution in [0, 0.1) is 0 Å². The molecule has 2 heterocycles. The molecule has 1 aliphatic rings. The standard InChI is InChI=1S/C18H25N5O/c1-22(2)18-19-8-7-17(21-18)20-13-15-5-3-4-6-16(15)14-23-9-11-24-12-10-23/h3-8H,9-14H2,1-2H3,(H,19,20,21). The molecule has 0 amide bonds. The SMILES string of the molecule is CN(C)c1nccc(NCc2ccccc2CN2CCOCC2)n1. The zero-order chi connectivity index (χ0) is 16.8. The van der Waals surface area contributed by atoms with Crippen LogP contribution in [0.25, 0.3) is 0 Å². The van der Waals surface area contributed by atoms with Gasteiger partial charge in [0.15, 0.2) is 0 Å². The van der Waals surface area contributed by atoms with Gasteiger partial charge >= 0.3 is 0 Å². The second-order valence-electron chi connectivity index (χ2n) is 6.15. The van der Waals surface area contributed by atoms with Gasteiger partial charge in [-0.1, -0.05) is 24.3 Å². The van der Waals surface area contributed by atoms with Crippen molar-refractivity contribution in [3.63, 3.8) is 0 Å². The van der Waals surface area contributed by atoms with Crippen molar-refractivity contribution in [2.24, 2.45) is 0 Å².